The molecule has 0 aliphatic heterocycles. The van der Waals surface area contributed by atoms with Crippen LogP contribution in [0.5, 0.6) is 0 Å². The lowest BCUT2D eigenvalue weighted by molar-refractivity contribution is -0.116. The molecule has 0 fully saturated rings. The molecule has 0 aliphatic carbocycles. The van der Waals surface area contributed by atoms with Gasteiger partial charge in [-0.1, -0.05) is 42.5 Å². The molecule has 3 aromatic rings. The van der Waals surface area contributed by atoms with Crippen molar-refractivity contribution in [3.63, 3.8) is 0 Å². The van der Waals surface area contributed by atoms with Crippen LogP contribution in [0.4, 0.5) is 20.2 Å². The topological polar surface area (TPSA) is 95.6 Å². The minimum Gasteiger partial charge on any atom is -0.352 e. The first-order chi connectivity index (χ1) is 16.6. The zero-order chi connectivity index (χ0) is 25.6. The number of anilines is 2. The Morgan fingerprint density at radius 1 is 0.943 bits per heavy atom. The smallest absolute Gasteiger partial charge is 0.253 e. The van der Waals surface area contributed by atoms with Gasteiger partial charge in [0, 0.05) is 12.6 Å². The van der Waals surface area contributed by atoms with Gasteiger partial charge in [0.15, 0.2) is 11.6 Å². The second kappa shape index (κ2) is 11.1. The second-order valence-corrected chi connectivity index (χ2v) is 9.72. The number of hydrogen-bond donors (Lipinski definition) is 2. The van der Waals surface area contributed by atoms with Crippen LogP contribution in [0.25, 0.3) is 0 Å². The van der Waals surface area contributed by atoms with Gasteiger partial charge in [-0.15, -0.1) is 0 Å². The van der Waals surface area contributed by atoms with Gasteiger partial charge in [-0.25, -0.2) is 17.2 Å². The van der Waals surface area contributed by atoms with Gasteiger partial charge in [0.05, 0.1) is 23.2 Å². The Hall–Kier alpha value is -3.79. The van der Waals surface area contributed by atoms with E-state index in [1.165, 1.54) is 19.1 Å². The summed E-state index contributed by atoms with van der Waals surface area (Å²) in [6.45, 7) is 1.68. The molecule has 2 N–H and O–H groups in total. The molecule has 35 heavy (non-hydrogen) atoms. The number of sulfonamides is 1. The zero-order valence-electron chi connectivity index (χ0n) is 19.2. The third-order valence-corrected chi connectivity index (χ3v) is 6.46. The molecule has 184 valence electrons. The van der Waals surface area contributed by atoms with Crippen LogP contribution >= 0.6 is 0 Å². The number of carbonyl (C=O) groups excluding carboxylic acids is 2. The number of rotatable bonds is 9. The van der Waals surface area contributed by atoms with E-state index in [-0.39, 0.29) is 16.9 Å². The van der Waals surface area contributed by atoms with Crippen LogP contribution in [0.1, 0.15) is 22.8 Å². The summed E-state index contributed by atoms with van der Waals surface area (Å²) in [7, 11) is -4.04. The Morgan fingerprint density at radius 3 is 2.26 bits per heavy atom. The lowest BCUT2D eigenvalue weighted by Crippen LogP contribution is -2.45. The standard InChI is InChI=1S/C25H25F2N3O4S/c1-17(30(35(2,33)34)19-12-13-21(26)22(27)16-19)24(31)29-23-11-7-6-10-20(23)25(32)28-15-14-18-8-4-3-5-9-18/h3-13,16-17H,14-15H2,1-2H3,(H,28,32)(H,29,31)/t17-/m0/s1. The summed E-state index contributed by atoms with van der Waals surface area (Å²) >= 11 is 0. The molecule has 0 saturated carbocycles. The van der Waals surface area contributed by atoms with Crippen LogP contribution in [0, 0.1) is 11.6 Å². The first-order valence-electron chi connectivity index (χ1n) is 10.7. The lowest BCUT2D eigenvalue weighted by Gasteiger charge is -2.28. The molecule has 1 atom stereocenters. The van der Waals surface area contributed by atoms with Gasteiger partial charge in [-0.3, -0.25) is 13.9 Å². The maximum atomic E-state index is 13.7. The Kier molecular flexibility index (Phi) is 8.18. The van der Waals surface area contributed by atoms with Crippen LogP contribution in [0.15, 0.2) is 72.8 Å². The number of carbonyl (C=O) groups is 2. The number of nitrogens with one attached hydrogen (secondary N) is 2. The molecular formula is C25H25F2N3O4S. The van der Waals surface area contributed by atoms with Crippen molar-refractivity contribution >= 4 is 33.2 Å². The first kappa shape index (κ1) is 25.8. The minimum absolute atomic E-state index is 0.181. The van der Waals surface area contributed by atoms with E-state index in [4.69, 9.17) is 0 Å². The number of amides is 2. The van der Waals surface area contributed by atoms with Crippen molar-refractivity contribution in [2.75, 3.05) is 22.4 Å². The molecule has 0 aliphatic rings. The highest BCUT2D eigenvalue weighted by Gasteiger charge is 2.30. The Bertz CT molecular complexity index is 1320. The lowest BCUT2D eigenvalue weighted by atomic mass is 10.1. The van der Waals surface area contributed by atoms with Gasteiger partial charge >= 0.3 is 0 Å². The molecule has 0 heterocycles. The summed E-state index contributed by atoms with van der Waals surface area (Å²) in [5.41, 5.74) is 1.22. The fraction of sp³-hybridized carbons (Fsp3) is 0.200. The Labute approximate surface area is 202 Å². The van der Waals surface area contributed by atoms with Crippen molar-refractivity contribution in [1.82, 2.24) is 5.32 Å². The normalized spacial score (nSPS) is 12.0. The average molecular weight is 502 g/mol. The van der Waals surface area contributed by atoms with Crippen molar-refractivity contribution in [2.45, 2.75) is 19.4 Å². The molecule has 0 saturated heterocycles. The van der Waals surface area contributed by atoms with Crippen molar-refractivity contribution in [2.24, 2.45) is 0 Å². The largest absolute Gasteiger partial charge is 0.352 e. The molecule has 0 bridgehead atoms. The summed E-state index contributed by atoms with van der Waals surface area (Å²) in [6, 6.07) is 17.1. The van der Waals surface area contributed by atoms with E-state index in [9.17, 15) is 26.8 Å². The summed E-state index contributed by atoms with van der Waals surface area (Å²) in [6.07, 6.45) is 1.47. The maximum absolute atomic E-state index is 13.7. The number of hydrogen-bond acceptors (Lipinski definition) is 4. The van der Waals surface area contributed by atoms with E-state index in [2.05, 4.69) is 10.6 Å². The van der Waals surface area contributed by atoms with Gasteiger partial charge in [0.25, 0.3) is 5.91 Å². The summed E-state index contributed by atoms with van der Waals surface area (Å²) in [5, 5.41) is 5.37. The van der Waals surface area contributed by atoms with Crippen LogP contribution < -0.4 is 14.9 Å². The van der Waals surface area contributed by atoms with Crippen LogP contribution in [0.3, 0.4) is 0 Å². The van der Waals surface area contributed by atoms with Gasteiger partial charge in [0.2, 0.25) is 15.9 Å². The summed E-state index contributed by atoms with van der Waals surface area (Å²) in [4.78, 5) is 25.7. The van der Waals surface area contributed by atoms with Crippen LogP contribution in [-0.4, -0.2) is 39.1 Å². The van der Waals surface area contributed by atoms with E-state index in [0.29, 0.717) is 23.3 Å². The number of para-hydroxylation sites is 1. The average Bonchev–Trinajstić information content (AvgIpc) is 2.81. The highest BCUT2D eigenvalue weighted by molar-refractivity contribution is 7.92. The Balaban J connectivity index is 1.76. The van der Waals surface area contributed by atoms with Crippen LogP contribution in [0.2, 0.25) is 0 Å². The maximum Gasteiger partial charge on any atom is 0.253 e. The van der Waals surface area contributed by atoms with Gasteiger partial charge in [0.1, 0.15) is 6.04 Å². The predicted octanol–water partition coefficient (Wildman–Crippen LogP) is 3.73. The number of nitrogens with zero attached hydrogens (tertiary/aromatic N) is 1. The molecule has 0 aromatic heterocycles. The Morgan fingerprint density at radius 2 is 1.60 bits per heavy atom. The molecule has 0 spiro atoms. The van der Waals surface area contributed by atoms with Crippen molar-refractivity contribution in [1.29, 1.82) is 0 Å². The highest BCUT2D eigenvalue weighted by Crippen LogP contribution is 2.24. The van der Waals surface area contributed by atoms with Crippen molar-refractivity contribution in [3.8, 4) is 0 Å². The summed E-state index contributed by atoms with van der Waals surface area (Å²) in [5.74, 6) is -3.57. The SMILES string of the molecule is C[C@@H](C(=O)Nc1ccccc1C(=O)NCCc1ccccc1)N(c1ccc(F)c(F)c1)S(C)(=O)=O. The minimum atomic E-state index is -4.04. The van der Waals surface area contributed by atoms with E-state index < -0.39 is 39.5 Å². The van der Waals surface area contributed by atoms with Crippen molar-refractivity contribution in [3.05, 3.63) is 95.6 Å². The molecule has 0 radical (unpaired) electrons. The fourth-order valence-electron chi connectivity index (χ4n) is 3.52. The monoisotopic (exact) mass is 501 g/mol. The molecule has 10 heteroatoms. The molecule has 7 nitrogen and oxygen atoms in total. The third kappa shape index (κ3) is 6.63. The van der Waals surface area contributed by atoms with Gasteiger partial charge in [-0.05, 0) is 43.2 Å². The first-order valence-corrected chi connectivity index (χ1v) is 12.6. The molecule has 0 unspecified atom stereocenters. The number of benzene rings is 3. The molecule has 2 amide bonds. The van der Waals surface area contributed by atoms with Gasteiger partial charge < -0.3 is 10.6 Å². The van der Waals surface area contributed by atoms with E-state index in [1.54, 1.807) is 12.1 Å². The molecule has 3 rings (SSSR count). The quantitative estimate of drug-likeness (QED) is 0.467. The van der Waals surface area contributed by atoms with E-state index >= 15 is 0 Å². The second-order valence-electron chi connectivity index (χ2n) is 7.86. The van der Waals surface area contributed by atoms with Gasteiger partial charge in [-0.2, -0.15) is 0 Å². The number of halogens is 2. The molecular weight excluding hydrogens is 476 g/mol. The van der Waals surface area contributed by atoms with Crippen LogP contribution in [-0.2, 0) is 21.2 Å². The van der Waals surface area contributed by atoms with E-state index in [0.717, 1.165) is 24.0 Å². The molecule has 3 aromatic carbocycles. The zero-order valence-corrected chi connectivity index (χ0v) is 20.0. The predicted molar refractivity (Wildman–Crippen MR) is 131 cm³/mol. The fourth-order valence-corrected chi connectivity index (χ4v) is 4.69. The third-order valence-electron chi connectivity index (χ3n) is 5.22. The summed E-state index contributed by atoms with van der Waals surface area (Å²) < 4.78 is 52.6. The highest BCUT2D eigenvalue weighted by atomic mass is 32.2. The van der Waals surface area contributed by atoms with E-state index in [1.807, 2.05) is 30.3 Å². The van der Waals surface area contributed by atoms with Crippen molar-refractivity contribution < 1.29 is 26.8 Å².